The van der Waals surface area contributed by atoms with Crippen molar-refractivity contribution < 1.29 is 9.59 Å². The number of carbonyl (C=O) groups is 2. The fourth-order valence-corrected chi connectivity index (χ4v) is 2.70. The van der Waals surface area contributed by atoms with E-state index in [0.29, 0.717) is 10.8 Å². The molecule has 122 valence electrons. The topological polar surface area (TPSA) is 96.0 Å². The third kappa shape index (κ3) is 5.67. The van der Waals surface area contributed by atoms with Gasteiger partial charge in [0.05, 0.1) is 6.54 Å². The van der Waals surface area contributed by atoms with Gasteiger partial charge in [0, 0.05) is 24.7 Å². The maximum Gasteiger partial charge on any atom is 0.245 e. The molecule has 2 aromatic rings. The molecule has 0 aliphatic heterocycles. The second-order valence-electron chi connectivity index (χ2n) is 4.91. The number of hydrogen-bond acceptors (Lipinski definition) is 6. The number of amides is 2. The molecule has 3 N–H and O–H groups in total. The zero-order valence-corrected chi connectivity index (χ0v) is 13.9. The average molecular weight is 333 g/mol. The van der Waals surface area contributed by atoms with Crippen molar-refractivity contribution >= 4 is 39.7 Å². The molecule has 1 heterocycles. The van der Waals surface area contributed by atoms with Gasteiger partial charge in [-0.1, -0.05) is 18.3 Å². The molecule has 0 aliphatic carbocycles. The fraction of sp³-hybridized carbons (Fsp3) is 0.333. The molecule has 0 unspecified atom stereocenters. The summed E-state index contributed by atoms with van der Waals surface area (Å²) in [5, 5.41) is 17.8. The van der Waals surface area contributed by atoms with Crippen molar-refractivity contribution in [3.63, 3.8) is 0 Å². The summed E-state index contributed by atoms with van der Waals surface area (Å²) in [7, 11) is 0. The smallest absolute Gasteiger partial charge is 0.245 e. The van der Waals surface area contributed by atoms with Gasteiger partial charge >= 0.3 is 0 Å². The van der Waals surface area contributed by atoms with Gasteiger partial charge in [0.1, 0.15) is 5.01 Å². The van der Waals surface area contributed by atoms with E-state index in [-0.39, 0.29) is 18.4 Å². The van der Waals surface area contributed by atoms with Crippen molar-refractivity contribution in [2.75, 3.05) is 22.5 Å². The van der Waals surface area contributed by atoms with Crippen LogP contribution < -0.4 is 16.0 Å². The molecule has 8 heteroatoms. The Morgan fingerprint density at radius 2 is 1.78 bits per heavy atom. The van der Waals surface area contributed by atoms with E-state index in [2.05, 4.69) is 33.1 Å². The molecule has 0 spiro atoms. The minimum atomic E-state index is -0.185. The first-order valence-electron chi connectivity index (χ1n) is 7.30. The summed E-state index contributed by atoms with van der Waals surface area (Å²) < 4.78 is 0. The molecule has 1 aromatic carbocycles. The molecule has 0 bridgehead atoms. The minimum Gasteiger partial charge on any atom is -0.376 e. The van der Waals surface area contributed by atoms with Crippen LogP contribution in [-0.2, 0) is 16.0 Å². The highest BCUT2D eigenvalue weighted by Gasteiger charge is 2.07. The van der Waals surface area contributed by atoms with E-state index in [0.717, 1.165) is 23.5 Å². The summed E-state index contributed by atoms with van der Waals surface area (Å²) in [6.07, 6.45) is 1.87. The van der Waals surface area contributed by atoms with Crippen molar-refractivity contribution in [1.82, 2.24) is 10.2 Å². The Bertz CT molecular complexity index is 669. The second kappa shape index (κ2) is 8.23. The summed E-state index contributed by atoms with van der Waals surface area (Å²) in [6.45, 7) is 3.65. The van der Waals surface area contributed by atoms with Crippen LogP contribution in [0.1, 0.15) is 25.3 Å². The molecule has 0 saturated carbocycles. The van der Waals surface area contributed by atoms with Crippen LogP contribution in [0.15, 0.2) is 24.3 Å². The number of nitrogens with one attached hydrogen (secondary N) is 3. The summed E-state index contributed by atoms with van der Waals surface area (Å²) >= 11 is 1.39. The number of anilines is 3. The molecule has 0 atom stereocenters. The van der Waals surface area contributed by atoms with Gasteiger partial charge in [-0.25, -0.2) is 0 Å². The molecular formula is C15H19N5O2S. The van der Waals surface area contributed by atoms with Crippen molar-refractivity contribution in [2.24, 2.45) is 0 Å². The lowest BCUT2D eigenvalue weighted by molar-refractivity contribution is -0.115. The molecule has 2 rings (SSSR count). The number of aromatic nitrogens is 2. The summed E-state index contributed by atoms with van der Waals surface area (Å²) in [6, 6.07) is 7.12. The molecule has 23 heavy (non-hydrogen) atoms. The number of rotatable bonds is 7. The van der Waals surface area contributed by atoms with Gasteiger partial charge in [-0.15, -0.1) is 10.2 Å². The van der Waals surface area contributed by atoms with Gasteiger partial charge in [0.2, 0.25) is 16.9 Å². The lowest BCUT2D eigenvalue weighted by Crippen LogP contribution is -2.21. The highest BCUT2D eigenvalue weighted by molar-refractivity contribution is 7.15. The zero-order chi connectivity index (χ0) is 16.7. The van der Waals surface area contributed by atoms with E-state index in [1.807, 2.05) is 0 Å². The van der Waals surface area contributed by atoms with Crippen molar-refractivity contribution in [3.8, 4) is 0 Å². The molecule has 0 radical (unpaired) electrons. The predicted octanol–water partition coefficient (Wildman–Crippen LogP) is 2.50. The van der Waals surface area contributed by atoms with Crippen LogP contribution in [0.2, 0.25) is 0 Å². The van der Waals surface area contributed by atoms with Gasteiger partial charge < -0.3 is 10.6 Å². The van der Waals surface area contributed by atoms with Crippen LogP contribution in [0.25, 0.3) is 0 Å². The molecule has 0 saturated heterocycles. The predicted molar refractivity (Wildman–Crippen MR) is 91.8 cm³/mol. The van der Waals surface area contributed by atoms with E-state index < -0.39 is 0 Å². The van der Waals surface area contributed by atoms with E-state index in [4.69, 9.17) is 0 Å². The van der Waals surface area contributed by atoms with Crippen molar-refractivity contribution in [3.05, 3.63) is 29.3 Å². The number of carbonyl (C=O) groups excluding carboxylic acids is 2. The Hall–Kier alpha value is -2.48. The standard InChI is InChI=1S/C15H19N5O2S/c1-3-4-14-19-20-15(23-14)18-13(22)9-16-11-5-7-12(8-6-11)17-10(2)21/h5-8,16H,3-4,9H2,1-2H3,(H,17,21)(H,18,20,22). The Kier molecular flexibility index (Phi) is 6.04. The van der Waals surface area contributed by atoms with E-state index in [1.54, 1.807) is 24.3 Å². The number of aryl methyl sites for hydroxylation is 1. The highest BCUT2D eigenvalue weighted by atomic mass is 32.1. The van der Waals surface area contributed by atoms with E-state index in [9.17, 15) is 9.59 Å². The lowest BCUT2D eigenvalue weighted by Gasteiger charge is -2.07. The first-order valence-corrected chi connectivity index (χ1v) is 8.12. The van der Waals surface area contributed by atoms with Crippen molar-refractivity contribution in [2.45, 2.75) is 26.7 Å². The number of nitrogens with zero attached hydrogens (tertiary/aromatic N) is 2. The quantitative estimate of drug-likeness (QED) is 0.723. The van der Waals surface area contributed by atoms with Crippen LogP contribution in [-0.4, -0.2) is 28.6 Å². The molecule has 7 nitrogen and oxygen atoms in total. The molecule has 0 aliphatic rings. The largest absolute Gasteiger partial charge is 0.376 e. The first-order chi connectivity index (χ1) is 11.1. The van der Waals surface area contributed by atoms with E-state index >= 15 is 0 Å². The number of hydrogen-bond donors (Lipinski definition) is 3. The molecule has 2 amide bonds. The van der Waals surface area contributed by atoms with Crippen LogP contribution in [0.3, 0.4) is 0 Å². The summed E-state index contributed by atoms with van der Waals surface area (Å²) in [5.41, 5.74) is 1.50. The van der Waals surface area contributed by atoms with Gasteiger partial charge in [-0.2, -0.15) is 0 Å². The Balaban J connectivity index is 1.80. The SMILES string of the molecule is CCCc1nnc(NC(=O)CNc2ccc(NC(C)=O)cc2)s1. The maximum atomic E-state index is 11.9. The fourth-order valence-electron chi connectivity index (χ4n) is 1.84. The number of benzene rings is 1. The van der Waals surface area contributed by atoms with Gasteiger partial charge in [0.25, 0.3) is 0 Å². The summed E-state index contributed by atoms with van der Waals surface area (Å²) in [5.74, 6) is -0.306. The van der Waals surface area contributed by atoms with Gasteiger partial charge in [0.15, 0.2) is 0 Å². The molecule has 1 aromatic heterocycles. The summed E-state index contributed by atoms with van der Waals surface area (Å²) in [4.78, 5) is 22.8. The monoisotopic (exact) mass is 333 g/mol. The van der Waals surface area contributed by atoms with Crippen LogP contribution in [0.5, 0.6) is 0 Å². The average Bonchev–Trinajstić information content (AvgIpc) is 2.93. The Labute approximate surface area is 138 Å². The van der Waals surface area contributed by atoms with Gasteiger partial charge in [-0.3, -0.25) is 14.9 Å². The lowest BCUT2D eigenvalue weighted by atomic mass is 10.2. The molecular weight excluding hydrogens is 314 g/mol. The normalized spacial score (nSPS) is 10.2. The third-order valence-corrected chi connectivity index (χ3v) is 3.73. The maximum absolute atomic E-state index is 11.9. The first kappa shape index (κ1) is 16.9. The van der Waals surface area contributed by atoms with Crippen LogP contribution in [0, 0.1) is 0 Å². The minimum absolute atomic E-state index is 0.121. The Morgan fingerprint density at radius 3 is 2.43 bits per heavy atom. The second-order valence-corrected chi connectivity index (χ2v) is 5.97. The van der Waals surface area contributed by atoms with E-state index in [1.165, 1.54) is 18.3 Å². The zero-order valence-electron chi connectivity index (χ0n) is 13.0. The third-order valence-electron chi connectivity index (χ3n) is 2.84. The van der Waals surface area contributed by atoms with Crippen molar-refractivity contribution in [1.29, 1.82) is 0 Å². The van der Waals surface area contributed by atoms with Crippen LogP contribution >= 0.6 is 11.3 Å². The van der Waals surface area contributed by atoms with Crippen LogP contribution in [0.4, 0.5) is 16.5 Å². The Morgan fingerprint density at radius 1 is 1.09 bits per heavy atom. The van der Waals surface area contributed by atoms with Gasteiger partial charge in [-0.05, 0) is 30.7 Å². The molecule has 0 fully saturated rings. The highest BCUT2D eigenvalue weighted by Crippen LogP contribution is 2.16.